The minimum atomic E-state index is 0.302. The molecule has 1 aromatic heterocycles. The van der Waals surface area contributed by atoms with Gasteiger partial charge in [0.05, 0.1) is 19.6 Å². The number of ether oxygens (including phenoxy) is 1. The average Bonchev–Trinajstić information content (AvgIpc) is 2.40. The van der Waals surface area contributed by atoms with E-state index in [0.29, 0.717) is 12.3 Å². The molecule has 0 aliphatic heterocycles. The first-order chi connectivity index (χ1) is 8.35. The second kappa shape index (κ2) is 5.13. The van der Waals surface area contributed by atoms with Crippen molar-refractivity contribution in [3.63, 3.8) is 0 Å². The van der Waals surface area contributed by atoms with Crippen molar-refractivity contribution in [1.29, 1.82) is 5.26 Å². The second-order valence-corrected chi connectivity index (χ2v) is 3.59. The highest BCUT2D eigenvalue weighted by molar-refractivity contribution is 5.63. The highest BCUT2D eigenvalue weighted by atomic mass is 16.5. The molecule has 0 saturated carbocycles. The van der Waals surface area contributed by atoms with Gasteiger partial charge in [0.25, 0.3) is 0 Å². The number of hydrogen-bond acceptors (Lipinski definition) is 3. The van der Waals surface area contributed by atoms with Gasteiger partial charge in [0, 0.05) is 17.3 Å². The lowest BCUT2D eigenvalue weighted by molar-refractivity contribution is 0.394. The van der Waals surface area contributed by atoms with E-state index in [-0.39, 0.29) is 0 Å². The van der Waals surface area contributed by atoms with Crippen molar-refractivity contribution in [1.82, 2.24) is 4.98 Å². The van der Waals surface area contributed by atoms with Gasteiger partial charge in [-0.25, -0.2) is 4.98 Å². The molecule has 0 unspecified atom stereocenters. The lowest BCUT2D eigenvalue weighted by Crippen LogP contribution is -1.95. The van der Waals surface area contributed by atoms with Crippen LogP contribution in [0, 0.1) is 11.3 Å². The van der Waals surface area contributed by atoms with Crippen LogP contribution in [0.15, 0.2) is 42.6 Å². The van der Waals surface area contributed by atoms with Crippen molar-refractivity contribution < 1.29 is 4.74 Å². The first-order valence-corrected chi connectivity index (χ1v) is 5.30. The molecular weight excluding hydrogens is 212 g/mol. The Bertz CT molecular complexity index is 544. The highest BCUT2D eigenvalue weighted by Gasteiger charge is 2.06. The van der Waals surface area contributed by atoms with Gasteiger partial charge in [-0.2, -0.15) is 5.26 Å². The molecule has 0 aliphatic rings. The first kappa shape index (κ1) is 11.2. The van der Waals surface area contributed by atoms with Crippen molar-refractivity contribution in [2.75, 3.05) is 7.11 Å². The minimum Gasteiger partial charge on any atom is -0.481 e. The summed E-state index contributed by atoms with van der Waals surface area (Å²) in [7, 11) is 1.56. The molecule has 0 radical (unpaired) electrons. The number of aromatic nitrogens is 1. The molecule has 0 atom stereocenters. The summed E-state index contributed by atoms with van der Waals surface area (Å²) >= 11 is 0. The summed E-state index contributed by atoms with van der Waals surface area (Å²) in [5, 5.41) is 8.77. The molecule has 3 heteroatoms. The molecule has 84 valence electrons. The molecule has 0 bridgehead atoms. The van der Waals surface area contributed by atoms with E-state index in [1.54, 1.807) is 13.3 Å². The second-order valence-electron chi connectivity index (χ2n) is 3.59. The van der Waals surface area contributed by atoms with Gasteiger partial charge >= 0.3 is 0 Å². The molecule has 2 rings (SSSR count). The fourth-order valence-corrected chi connectivity index (χ4v) is 1.68. The maximum Gasteiger partial charge on any atom is 0.217 e. The normalized spacial score (nSPS) is 9.65. The largest absolute Gasteiger partial charge is 0.481 e. The summed E-state index contributed by atoms with van der Waals surface area (Å²) in [5.41, 5.74) is 2.90. The van der Waals surface area contributed by atoms with Crippen LogP contribution in [0.1, 0.15) is 5.56 Å². The van der Waals surface area contributed by atoms with Crippen LogP contribution in [0.3, 0.4) is 0 Å². The summed E-state index contributed by atoms with van der Waals surface area (Å²) in [5.74, 6) is 0.520. The SMILES string of the molecule is COc1ncc(-c2ccccc2)cc1CC#N. The Morgan fingerprint density at radius 1 is 1.24 bits per heavy atom. The summed E-state index contributed by atoms with van der Waals surface area (Å²) in [6, 6.07) is 14.0. The molecule has 1 aromatic carbocycles. The van der Waals surface area contributed by atoms with Gasteiger partial charge in [0.2, 0.25) is 5.88 Å². The Balaban J connectivity index is 2.44. The Morgan fingerprint density at radius 3 is 2.65 bits per heavy atom. The number of pyridine rings is 1. The van der Waals surface area contributed by atoms with Crippen molar-refractivity contribution >= 4 is 0 Å². The Kier molecular flexibility index (Phi) is 3.37. The number of nitrogens with zero attached hydrogens (tertiary/aromatic N) is 2. The molecule has 0 amide bonds. The van der Waals surface area contributed by atoms with Crippen LogP contribution in [0.2, 0.25) is 0 Å². The highest BCUT2D eigenvalue weighted by Crippen LogP contribution is 2.24. The maximum absolute atomic E-state index is 8.77. The van der Waals surface area contributed by atoms with Crippen LogP contribution in [0.25, 0.3) is 11.1 Å². The molecule has 0 spiro atoms. The van der Waals surface area contributed by atoms with Crippen molar-refractivity contribution in [3.8, 4) is 23.1 Å². The number of rotatable bonds is 3. The van der Waals surface area contributed by atoms with E-state index < -0.39 is 0 Å². The maximum atomic E-state index is 8.77. The molecule has 0 aliphatic carbocycles. The van der Waals surface area contributed by atoms with Gasteiger partial charge in [-0.3, -0.25) is 0 Å². The van der Waals surface area contributed by atoms with Crippen molar-refractivity contribution in [3.05, 3.63) is 48.2 Å². The lowest BCUT2D eigenvalue weighted by atomic mass is 10.0. The van der Waals surface area contributed by atoms with E-state index >= 15 is 0 Å². The van der Waals surface area contributed by atoms with E-state index in [1.165, 1.54) is 0 Å². The number of benzene rings is 1. The zero-order valence-corrected chi connectivity index (χ0v) is 9.55. The van der Waals surface area contributed by atoms with Crippen LogP contribution in [-0.4, -0.2) is 12.1 Å². The molecule has 0 fully saturated rings. The third kappa shape index (κ3) is 2.43. The van der Waals surface area contributed by atoms with Crippen LogP contribution < -0.4 is 4.74 Å². The summed E-state index contributed by atoms with van der Waals surface area (Å²) < 4.78 is 5.13. The monoisotopic (exact) mass is 224 g/mol. The predicted molar refractivity (Wildman–Crippen MR) is 65.5 cm³/mol. The molecule has 2 aromatic rings. The van der Waals surface area contributed by atoms with E-state index in [0.717, 1.165) is 16.7 Å². The predicted octanol–water partition coefficient (Wildman–Crippen LogP) is 2.82. The van der Waals surface area contributed by atoms with E-state index in [9.17, 15) is 0 Å². The number of methoxy groups -OCH3 is 1. The molecule has 17 heavy (non-hydrogen) atoms. The van der Waals surface area contributed by atoms with Gasteiger partial charge in [0.15, 0.2) is 0 Å². The smallest absolute Gasteiger partial charge is 0.217 e. The molecule has 0 saturated heterocycles. The van der Waals surface area contributed by atoms with Crippen LogP contribution in [-0.2, 0) is 6.42 Å². The lowest BCUT2D eigenvalue weighted by Gasteiger charge is -2.07. The summed E-state index contributed by atoms with van der Waals surface area (Å²) in [6.07, 6.45) is 2.06. The number of hydrogen-bond donors (Lipinski definition) is 0. The average molecular weight is 224 g/mol. The Hall–Kier alpha value is -2.34. The summed E-state index contributed by atoms with van der Waals surface area (Å²) in [6.45, 7) is 0. The zero-order valence-electron chi connectivity index (χ0n) is 9.55. The fourth-order valence-electron chi connectivity index (χ4n) is 1.68. The van der Waals surface area contributed by atoms with Gasteiger partial charge in [-0.1, -0.05) is 30.3 Å². The van der Waals surface area contributed by atoms with Gasteiger partial charge < -0.3 is 4.74 Å². The van der Waals surface area contributed by atoms with Gasteiger partial charge in [-0.15, -0.1) is 0 Å². The van der Waals surface area contributed by atoms with Gasteiger partial charge in [-0.05, 0) is 11.6 Å². The zero-order chi connectivity index (χ0) is 12.1. The fraction of sp³-hybridized carbons (Fsp3) is 0.143. The van der Waals surface area contributed by atoms with Crippen LogP contribution in [0.4, 0.5) is 0 Å². The summed E-state index contributed by atoms with van der Waals surface area (Å²) in [4.78, 5) is 4.22. The minimum absolute atomic E-state index is 0.302. The molecule has 1 heterocycles. The van der Waals surface area contributed by atoms with E-state index in [1.807, 2.05) is 36.4 Å². The quantitative estimate of drug-likeness (QED) is 0.805. The Morgan fingerprint density at radius 2 is 2.00 bits per heavy atom. The molecular formula is C14H12N2O. The Labute approximate surface area is 100 Å². The molecule has 0 N–H and O–H groups in total. The standard InChI is InChI=1S/C14H12N2O/c1-17-14-12(7-8-15)9-13(10-16-14)11-5-3-2-4-6-11/h2-6,9-10H,7H2,1H3. The van der Waals surface area contributed by atoms with Crippen molar-refractivity contribution in [2.24, 2.45) is 0 Å². The molecule has 3 nitrogen and oxygen atoms in total. The third-order valence-electron chi connectivity index (χ3n) is 2.50. The topological polar surface area (TPSA) is 45.9 Å². The van der Waals surface area contributed by atoms with E-state index in [4.69, 9.17) is 10.00 Å². The van der Waals surface area contributed by atoms with Crippen LogP contribution in [0.5, 0.6) is 5.88 Å². The third-order valence-corrected chi connectivity index (χ3v) is 2.50. The van der Waals surface area contributed by atoms with Crippen molar-refractivity contribution in [2.45, 2.75) is 6.42 Å². The van der Waals surface area contributed by atoms with Crippen LogP contribution >= 0.6 is 0 Å². The first-order valence-electron chi connectivity index (χ1n) is 5.30. The van der Waals surface area contributed by atoms with Gasteiger partial charge in [0.1, 0.15) is 0 Å². The number of nitriles is 1. The van der Waals surface area contributed by atoms with E-state index in [2.05, 4.69) is 11.1 Å².